The zero-order valence-corrected chi connectivity index (χ0v) is 14.4. The number of benzene rings is 1. The van der Waals surface area contributed by atoms with E-state index < -0.39 is 5.97 Å². The minimum atomic E-state index is -1.03. The van der Waals surface area contributed by atoms with Gasteiger partial charge in [0.2, 0.25) is 5.95 Å². The number of hydrogen-bond donors (Lipinski definition) is 2. The summed E-state index contributed by atoms with van der Waals surface area (Å²) >= 11 is 0. The Kier molecular flexibility index (Phi) is 4.20. The van der Waals surface area contributed by atoms with Crippen LogP contribution in [0.25, 0.3) is 5.65 Å². The molecule has 0 amide bonds. The Morgan fingerprint density at radius 2 is 1.88 bits per heavy atom. The molecule has 1 fully saturated rings. The van der Waals surface area contributed by atoms with Crippen molar-refractivity contribution in [1.82, 2.24) is 14.6 Å². The summed E-state index contributed by atoms with van der Waals surface area (Å²) in [5.74, 6) is -0.333. The summed E-state index contributed by atoms with van der Waals surface area (Å²) in [7, 11) is 0. The Balaban J connectivity index is 1.54. The van der Waals surface area contributed by atoms with Crippen molar-refractivity contribution in [3.63, 3.8) is 0 Å². The molecule has 3 heterocycles. The summed E-state index contributed by atoms with van der Waals surface area (Å²) in [5.41, 5.74) is 8.23. The molecule has 7 heteroatoms. The molecule has 1 aromatic carbocycles. The number of nitrogens with two attached hydrogens (primary N) is 1. The van der Waals surface area contributed by atoms with Crippen LogP contribution in [0.2, 0.25) is 0 Å². The molecule has 134 valence electrons. The monoisotopic (exact) mass is 351 g/mol. The predicted octanol–water partition coefficient (Wildman–Crippen LogP) is 2.47. The number of fused-ring (bicyclic) bond motifs is 1. The molecule has 4 rings (SSSR count). The Labute approximate surface area is 151 Å². The van der Waals surface area contributed by atoms with Crippen LogP contribution in [0.3, 0.4) is 0 Å². The number of hydrogen-bond acceptors (Lipinski definition) is 5. The molecule has 7 nitrogen and oxygen atoms in total. The number of anilines is 2. The summed E-state index contributed by atoms with van der Waals surface area (Å²) in [6, 6.07) is 14.1. The summed E-state index contributed by atoms with van der Waals surface area (Å²) < 4.78 is 1.32. The molecule has 0 unspecified atom stereocenters. The Hall–Kier alpha value is -3.09. The zero-order valence-electron chi connectivity index (χ0n) is 14.4. The van der Waals surface area contributed by atoms with E-state index in [4.69, 9.17) is 5.73 Å². The highest BCUT2D eigenvalue weighted by Gasteiger charge is 2.25. The number of nitrogen functional groups attached to an aromatic ring is 1. The van der Waals surface area contributed by atoms with Crippen molar-refractivity contribution in [3.05, 3.63) is 53.7 Å². The van der Waals surface area contributed by atoms with Gasteiger partial charge in [-0.05, 0) is 42.9 Å². The second-order valence-electron chi connectivity index (χ2n) is 6.73. The summed E-state index contributed by atoms with van der Waals surface area (Å²) in [6.07, 6.45) is 3.14. The van der Waals surface area contributed by atoms with E-state index in [2.05, 4.69) is 39.2 Å². The highest BCUT2D eigenvalue weighted by atomic mass is 16.4. The number of piperidine rings is 1. The summed E-state index contributed by atoms with van der Waals surface area (Å²) in [4.78, 5) is 18.0. The summed E-state index contributed by atoms with van der Waals surface area (Å²) in [6.45, 7) is 1.65. The van der Waals surface area contributed by atoms with Gasteiger partial charge < -0.3 is 15.7 Å². The van der Waals surface area contributed by atoms with E-state index in [9.17, 15) is 9.90 Å². The van der Waals surface area contributed by atoms with Crippen molar-refractivity contribution in [2.24, 2.45) is 5.92 Å². The van der Waals surface area contributed by atoms with Gasteiger partial charge in [-0.15, -0.1) is 5.10 Å². The molecule has 0 bridgehead atoms. The van der Waals surface area contributed by atoms with E-state index in [1.807, 2.05) is 12.1 Å². The first-order valence-corrected chi connectivity index (χ1v) is 8.79. The van der Waals surface area contributed by atoms with Crippen LogP contribution in [-0.4, -0.2) is 38.8 Å². The minimum absolute atomic E-state index is 0.0752. The van der Waals surface area contributed by atoms with E-state index >= 15 is 0 Å². The molecule has 3 N–H and O–H groups in total. The standard InChI is InChI=1S/C19H21N5O2/c20-19-21-16-7-6-15(17(18(25)26)24(16)22-19)23-10-8-14(9-11-23)12-13-4-2-1-3-5-13/h1-7,14H,8-12H2,(H2,20,22)(H,25,26). The molecule has 3 aromatic rings. The molecular weight excluding hydrogens is 330 g/mol. The van der Waals surface area contributed by atoms with Crippen LogP contribution >= 0.6 is 0 Å². The normalized spacial score (nSPS) is 15.5. The van der Waals surface area contributed by atoms with Crippen molar-refractivity contribution in [2.75, 3.05) is 23.7 Å². The largest absolute Gasteiger partial charge is 0.476 e. The Morgan fingerprint density at radius 3 is 2.58 bits per heavy atom. The molecule has 2 aromatic heterocycles. The topological polar surface area (TPSA) is 96.8 Å². The summed E-state index contributed by atoms with van der Waals surface area (Å²) in [5, 5.41) is 13.7. The van der Waals surface area contributed by atoms with Crippen LogP contribution in [0.1, 0.15) is 28.9 Å². The van der Waals surface area contributed by atoms with Gasteiger partial charge in [0, 0.05) is 13.1 Å². The van der Waals surface area contributed by atoms with Crippen molar-refractivity contribution in [3.8, 4) is 0 Å². The molecule has 0 atom stereocenters. The van der Waals surface area contributed by atoms with E-state index in [0.29, 0.717) is 17.3 Å². The maximum absolute atomic E-state index is 11.8. The molecule has 26 heavy (non-hydrogen) atoms. The first kappa shape index (κ1) is 16.4. The lowest BCUT2D eigenvalue weighted by molar-refractivity contribution is 0.0688. The third-order valence-corrected chi connectivity index (χ3v) is 5.02. The van der Waals surface area contributed by atoms with E-state index in [-0.39, 0.29) is 11.6 Å². The maximum atomic E-state index is 11.8. The Morgan fingerprint density at radius 1 is 1.15 bits per heavy atom. The molecule has 1 saturated heterocycles. The van der Waals surface area contributed by atoms with Gasteiger partial charge in [-0.1, -0.05) is 30.3 Å². The number of nitrogens with zero attached hydrogens (tertiary/aromatic N) is 4. The number of aromatic nitrogens is 3. The van der Waals surface area contributed by atoms with E-state index in [1.165, 1.54) is 10.1 Å². The average Bonchev–Trinajstić information content (AvgIpc) is 3.02. The number of carboxylic acid groups (broad SMARTS) is 1. The number of carbonyl (C=O) groups is 1. The first-order chi connectivity index (χ1) is 12.6. The molecule has 1 aliphatic rings. The van der Waals surface area contributed by atoms with Gasteiger partial charge in [-0.25, -0.2) is 9.31 Å². The molecule has 1 aliphatic heterocycles. The van der Waals surface area contributed by atoms with Gasteiger partial charge in [0.1, 0.15) is 0 Å². The maximum Gasteiger partial charge on any atom is 0.356 e. The third-order valence-electron chi connectivity index (χ3n) is 5.02. The lowest BCUT2D eigenvalue weighted by Gasteiger charge is -2.34. The quantitative estimate of drug-likeness (QED) is 0.749. The lowest BCUT2D eigenvalue weighted by atomic mass is 9.90. The molecule has 0 aliphatic carbocycles. The SMILES string of the molecule is Nc1nc2ccc(N3CCC(Cc4ccccc4)CC3)c(C(=O)O)n2n1. The van der Waals surface area contributed by atoms with Gasteiger partial charge in [-0.3, -0.25) is 0 Å². The van der Waals surface area contributed by atoms with Crippen LogP contribution < -0.4 is 10.6 Å². The smallest absolute Gasteiger partial charge is 0.356 e. The van der Waals surface area contributed by atoms with Crippen LogP contribution in [0.15, 0.2) is 42.5 Å². The number of rotatable bonds is 4. The number of aromatic carboxylic acids is 1. The minimum Gasteiger partial charge on any atom is -0.476 e. The van der Waals surface area contributed by atoms with Crippen LogP contribution in [0, 0.1) is 5.92 Å². The highest BCUT2D eigenvalue weighted by Crippen LogP contribution is 2.29. The second-order valence-corrected chi connectivity index (χ2v) is 6.73. The van der Waals surface area contributed by atoms with Crippen molar-refractivity contribution < 1.29 is 9.90 Å². The van der Waals surface area contributed by atoms with E-state index in [1.54, 1.807) is 6.07 Å². The van der Waals surface area contributed by atoms with Gasteiger partial charge in [-0.2, -0.15) is 4.98 Å². The number of pyridine rings is 1. The second kappa shape index (κ2) is 6.67. The number of carboxylic acids is 1. The Bertz CT molecular complexity index is 930. The molecule has 0 saturated carbocycles. The van der Waals surface area contributed by atoms with E-state index in [0.717, 1.165) is 32.4 Å². The van der Waals surface area contributed by atoms with Gasteiger partial charge in [0.05, 0.1) is 5.69 Å². The van der Waals surface area contributed by atoms with Crippen molar-refractivity contribution in [1.29, 1.82) is 0 Å². The fourth-order valence-electron chi connectivity index (χ4n) is 3.73. The molecule has 0 radical (unpaired) electrons. The van der Waals surface area contributed by atoms with Crippen molar-refractivity contribution in [2.45, 2.75) is 19.3 Å². The molecular formula is C19H21N5O2. The van der Waals surface area contributed by atoms with Gasteiger partial charge >= 0.3 is 5.97 Å². The fourth-order valence-corrected chi connectivity index (χ4v) is 3.73. The van der Waals surface area contributed by atoms with Gasteiger partial charge in [0.15, 0.2) is 11.3 Å². The molecule has 0 spiro atoms. The third kappa shape index (κ3) is 3.08. The average molecular weight is 351 g/mol. The van der Waals surface area contributed by atoms with Crippen LogP contribution in [-0.2, 0) is 6.42 Å². The van der Waals surface area contributed by atoms with Crippen LogP contribution in [0.4, 0.5) is 11.6 Å². The fraction of sp³-hybridized carbons (Fsp3) is 0.316. The van der Waals surface area contributed by atoms with Crippen LogP contribution in [0.5, 0.6) is 0 Å². The lowest BCUT2D eigenvalue weighted by Crippen LogP contribution is -2.35. The van der Waals surface area contributed by atoms with Crippen molar-refractivity contribution >= 4 is 23.3 Å². The zero-order chi connectivity index (χ0) is 18.1. The first-order valence-electron chi connectivity index (χ1n) is 8.79. The highest BCUT2D eigenvalue weighted by molar-refractivity contribution is 5.93. The predicted molar refractivity (Wildman–Crippen MR) is 99.4 cm³/mol. The van der Waals surface area contributed by atoms with Gasteiger partial charge in [0.25, 0.3) is 0 Å².